The van der Waals surface area contributed by atoms with Gasteiger partial charge in [-0.1, -0.05) is 36.4 Å². The van der Waals surface area contributed by atoms with Crippen molar-refractivity contribution < 1.29 is 19.4 Å². The number of carbonyl (C=O) groups excluding carboxylic acids is 1. The van der Waals surface area contributed by atoms with Crippen molar-refractivity contribution in [2.45, 2.75) is 39.8 Å². The Morgan fingerprint density at radius 1 is 1.17 bits per heavy atom. The lowest BCUT2D eigenvalue weighted by Gasteiger charge is -2.33. The van der Waals surface area contributed by atoms with Gasteiger partial charge in [-0.05, 0) is 62.7 Å². The van der Waals surface area contributed by atoms with E-state index < -0.39 is 5.41 Å². The summed E-state index contributed by atoms with van der Waals surface area (Å²) in [4.78, 5) is 14.2. The number of ether oxygens (including phenoxy) is 2. The number of aromatic hydroxyl groups is 1. The second kappa shape index (κ2) is 10.3. The molecule has 2 aromatic carbocycles. The Morgan fingerprint density at radius 3 is 2.40 bits per heavy atom. The van der Waals surface area contributed by atoms with Gasteiger partial charge in [0.15, 0.2) is 16.6 Å². The molecule has 0 fully saturated rings. The van der Waals surface area contributed by atoms with Gasteiger partial charge >= 0.3 is 5.97 Å². The first kappa shape index (κ1) is 23.5. The molecule has 0 aromatic heterocycles. The Morgan fingerprint density at radius 2 is 1.83 bits per heavy atom. The van der Waals surface area contributed by atoms with Crippen molar-refractivity contribution in [3.8, 4) is 11.5 Å². The fourth-order valence-corrected chi connectivity index (χ4v) is 3.15. The summed E-state index contributed by atoms with van der Waals surface area (Å²) in [6, 6.07) is 14.7. The summed E-state index contributed by atoms with van der Waals surface area (Å²) in [5.74, 6) is 0.145. The monoisotopic (exact) mass is 430 g/mol. The smallest absolute Gasteiger partial charge is 0.311 e. The van der Waals surface area contributed by atoms with E-state index in [0.717, 1.165) is 11.1 Å². The van der Waals surface area contributed by atoms with Gasteiger partial charge in [0.1, 0.15) is 6.61 Å². The fourth-order valence-electron chi connectivity index (χ4n) is 2.94. The van der Waals surface area contributed by atoms with Gasteiger partial charge in [-0.3, -0.25) is 4.79 Å². The third-order valence-electron chi connectivity index (χ3n) is 4.65. The minimum Gasteiger partial charge on any atom is -0.504 e. The van der Waals surface area contributed by atoms with Crippen molar-refractivity contribution in [2.75, 3.05) is 13.7 Å². The van der Waals surface area contributed by atoms with Gasteiger partial charge in [0.2, 0.25) is 0 Å². The number of esters is 1. The zero-order chi connectivity index (χ0) is 22.3. The van der Waals surface area contributed by atoms with Crippen LogP contribution in [0.25, 0.3) is 0 Å². The number of carbonyl (C=O) groups is 1. The first-order chi connectivity index (χ1) is 14.1. The molecule has 0 unspecified atom stereocenters. The predicted octanol–water partition coefficient (Wildman–Crippen LogP) is 3.65. The molecule has 0 saturated heterocycles. The summed E-state index contributed by atoms with van der Waals surface area (Å²) in [6.45, 7) is 5.98. The van der Waals surface area contributed by atoms with Crippen LogP contribution in [0.3, 0.4) is 0 Å². The van der Waals surface area contributed by atoms with Crippen molar-refractivity contribution in [1.29, 1.82) is 0 Å². The topological polar surface area (TPSA) is 85.0 Å². The summed E-state index contributed by atoms with van der Waals surface area (Å²) in [7, 11) is 1.49. The summed E-state index contributed by atoms with van der Waals surface area (Å²) in [5, 5.41) is 10.1. The average molecular weight is 431 g/mol. The molecule has 2 aromatic rings. The summed E-state index contributed by atoms with van der Waals surface area (Å²) < 4.78 is 10.8. The maximum absolute atomic E-state index is 12.3. The van der Waals surface area contributed by atoms with Gasteiger partial charge in [0, 0.05) is 6.54 Å². The Labute approximate surface area is 183 Å². The SMILES string of the molecule is COc1cc(CN(C(N)=S)[C@H](COC(=O)C(C)(C)C)Cc2ccccc2)ccc1O. The van der Waals surface area contributed by atoms with E-state index in [9.17, 15) is 9.90 Å². The number of methoxy groups -OCH3 is 1. The van der Waals surface area contributed by atoms with Crippen molar-refractivity contribution >= 4 is 23.3 Å². The van der Waals surface area contributed by atoms with Gasteiger partial charge in [0.05, 0.1) is 18.6 Å². The molecule has 0 radical (unpaired) electrons. The summed E-state index contributed by atoms with van der Waals surface area (Å²) >= 11 is 5.33. The molecule has 0 aliphatic rings. The lowest BCUT2D eigenvalue weighted by molar-refractivity contribution is -0.154. The Balaban J connectivity index is 2.28. The van der Waals surface area contributed by atoms with Crippen LogP contribution < -0.4 is 10.5 Å². The highest BCUT2D eigenvalue weighted by molar-refractivity contribution is 7.80. The van der Waals surface area contributed by atoms with E-state index in [1.807, 2.05) is 56.0 Å². The highest BCUT2D eigenvalue weighted by atomic mass is 32.1. The summed E-state index contributed by atoms with van der Waals surface area (Å²) in [5.41, 5.74) is 7.41. The number of phenolic OH excluding ortho intramolecular Hbond substituents is 1. The van der Waals surface area contributed by atoms with Crippen LogP contribution >= 0.6 is 12.2 Å². The molecule has 0 aliphatic carbocycles. The zero-order valence-electron chi connectivity index (χ0n) is 17.9. The van der Waals surface area contributed by atoms with Crippen molar-refractivity contribution in [2.24, 2.45) is 11.1 Å². The molecule has 3 N–H and O–H groups in total. The van der Waals surface area contributed by atoms with Crippen LogP contribution in [0.5, 0.6) is 11.5 Å². The van der Waals surface area contributed by atoms with E-state index in [0.29, 0.717) is 18.7 Å². The third-order valence-corrected chi connectivity index (χ3v) is 4.89. The number of phenols is 1. The first-order valence-corrected chi connectivity index (χ1v) is 10.2. The van der Waals surface area contributed by atoms with E-state index >= 15 is 0 Å². The van der Waals surface area contributed by atoms with Crippen LogP contribution in [0.2, 0.25) is 0 Å². The second-order valence-corrected chi connectivity index (χ2v) is 8.58. The number of hydrogen-bond donors (Lipinski definition) is 2. The molecule has 1 atom stereocenters. The standard InChI is InChI=1S/C23H30N2O4S/c1-23(2,3)21(27)29-15-18(12-16-8-6-5-7-9-16)25(22(24)30)14-17-10-11-19(26)20(13-17)28-4/h5-11,13,18,26H,12,14-15H2,1-4H3,(H2,24,30)/t18-/m0/s1. The molecule has 162 valence electrons. The minimum atomic E-state index is -0.602. The molecule has 0 saturated carbocycles. The molecule has 0 heterocycles. The number of thiocarbonyl (C=S) groups is 1. The Kier molecular flexibility index (Phi) is 8.06. The third kappa shape index (κ3) is 6.62. The molecular formula is C23H30N2O4S. The van der Waals surface area contributed by atoms with E-state index in [-0.39, 0.29) is 29.5 Å². The van der Waals surface area contributed by atoms with Crippen LogP contribution in [-0.2, 0) is 22.5 Å². The lowest BCUT2D eigenvalue weighted by atomic mass is 9.97. The molecule has 0 spiro atoms. The molecule has 0 aliphatic heterocycles. The van der Waals surface area contributed by atoms with Crippen LogP contribution in [-0.4, -0.2) is 40.8 Å². The van der Waals surface area contributed by atoms with E-state index in [2.05, 4.69) is 0 Å². The average Bonchev–Trinajstić information content (AvgIpc) is 2.70. The molecule has 30 heavy (non-hydrogen) atoms. The Hall–Kier alpha value is -2.80. The predicted molar refractivity (Wildman–Crippen MR) is 121 cm³/mol. The maximum atomic E-state index is 12.3. The van der Waals surface area contributed by atoms with Gasteiger partial charge in [-0.25, -0.2) is 0 Å². The highest BCUT2D eigenvalue weighted by Crippen LogP contribution is 2.27. The number of nitrogens with zero attached hydrogens (tertiary/aromatic N) is 1. The molecule has 2 rings (SSSR count). The molecule has 0 bridgehead atoms. The van der Waals surface area contributed by atoms with Crippen LogP contribution in [0.1, 0.15) is 31.9 Å². The zero-order valence-corrected chi connectivity index (χ0v) is 18.7. The molecule has 7 heteroatoms. The Bertz CT molecular complexity index is 865. The number of nitrogens with two attached hydrogens (primary N) is 1. The van der Waals surface area contributed by atoms with Crippen LogP contribution in [0, 0.1) is 5.41 Å². The lowest BCUT2D eigenvalue weighted by Crippen LogP contribution is -2.47. The molecule has 0 amide bonds. The summed E-state index contributed by atoms with van der Waals surface area (Å²) in [6.07, 6.45) is 0.602. The first-order valence-electron chi connectivity index (χ1n) is 9.75. The van der Waals surface area contributed by atoms with E-state index in [1.54, 1.807) is 18.2 Å². The second-order valence-electron chi connectivity index (χ2n) is 8.16. The van der Waals surface area contributed by atoms with Gasteiger partial charge in [-0.2, -0.15) is 0 Å². The van der Waals surface area contributed by atoms with Gasteiger partial charge in [0.25, 0.3) is 0 Å². The maximum Gasteiger partial charge on any atom is 0.311 e. The van der Waals surface area contributed by atoms with Crippen LogP contribution in [0.15, 0.2) is 48.5 Å². The number of benzene rings is 2. The van der Waals surface area contributed by atoms with E-state index in [4.69, 9.17) is 27.4 Å². The largest absolute Gasteiger partial charge is 0.504 e. The quantitative estimate of drug-likeness (QED) is 0.488. The number of hydrogen-bond acceptors (Lipinski definition) is 5. The van der Waals surface area contributed by atoms with Crippen molar-refractivity contribution in [3.63, 3.8) is 0 Å². The highest BCUT2D eigenvalue weighted by Gasteiger charge is 2.27. The normalized spacial score (nSPS) is 12.1. The number of rotatable bonds is 8. The van der Waals surface area contributed by atoms with Crippen LogP contribution in [0.4, 0.5) is 0 Å². The van der Waals surface area contributed by atoms with E-state index in [1.165, 1.54) is 7.11 Å². The van der Waals surface area contributed by atoms with Gasteiger partial charge < -0.3 is 25.2 Å². The van der Waals surface area contributed by atoms with Crippen molar-refractivity contribution in [3.05, 3.63) is 59.7 Å². The van der Waals surface area contributed by atoms with Crippen molar-refractivity contribution in [1.82, 2.24) is 4.90 Å². The van der Waals surface area contributed by atoms with Gasteiger partial charge in [-0.15, -0.1) is 0 Å². The fraction of sp³-hybridized carbons (Fsp3) is 0.391. The minimum absolute atomic E-state index is 0.0584. The molecule has 6 nitrogen and oxygen atoms in total. The molecular weight excluding hydrogens is 400 g/mol.